The molecule has 7 nitrogen and oxygen atoms in total. The highest BCUT2D eigenvalue weighted by molar-refractivity contribution is 7.91. The number of hydrogen-bond acceptors (Lipinski definition) is 5. The van der Waals surface area contributed by atoms with Crippen molar-refractivity contribution in [1.29, 1.82) is 0 Å². The van der Waals surface area contributed by atoms with Crippen LogP contribution in [0.5, 0.6) is 0 Å². The van der Waals surface area contributed by atoms with Crippen molar-refractivity contribution in [2.24, 2.45) is 0 Å². The lowest BCUT2D eigenvalue weighted by Gasteiger charge is -2.27. The van der Waals surface area contributed by atoms with Crippen molar-refractivity contribution in [3.8, 4) is 0 Å². The van der Waals surface area contributed by atoms with E-state index >= 15 is 0 Å². The molecule has 3 rings (SSSR count). The van der Waals surface area contributed by atoms with Crippen LogP contribution in [0.2, 0.25) is 0 Å². The lowest BCUT2D eigenvalue weighted by molar-refractivity contribution is 0.0646. The number of aromatic carboxylic acids is 1. The van der Waals surface area contributed by atoms with Gasteiger partial charge in [-0.25, -0.2) is 13.2 Å². The summed E-state index contributed by atoms with van der Waals surface area (Å²) in [5, 5.41) is 8.86. The van der Waals surface area contributed by atoms with Crippen LogP contribution in [0.4, 0.5) is 0 Å². The van der Waals surface area contributed by atoms with Gasteiger partial charge in [0, 0.05) is 18.2 Å². The number of nitrogens with zero attached hydrogens (tertiary/aromatic N) is 1. The fourth-order valence-electron chi connectivity index (χ4n) is 2.67. The molecule has 1 aromatic rings. The Bertz CT molecular complexity index is 687. The zero-order chi connectivity index (χ0) is 15.2. The molecule has 1 N–H and O–H groups in total. The minimum atomic E-state index is -3.09. The van der Waals surface area contributed by atoms with Gasteiger partial charge in [-0.1, -0.05) is 0 Å². The second kappa shape index (κ2) is 4.87. The van der Waals surface area contributed by atoms with Crippen molar-refractivity contribution in [3.05, 3.63) is 23.7 Å². The Kier molecular flexibility index (Phi) is 3.27. The molecule has 0 aromatic carbocycles. The van der Waals surface area contributed by atoms with Crippen LogP contribution >= 0.6 is 0 Å². The smallest absolute Gasteiger partial charge is 0.338 e. The van der Waals surface area contributed by atoms with Gasteiger partial charge in [0.25, 0.3) is 5.91 Å². The van der Waals surface area contributed by atoms with E-state index in [4.69, 9.17) is 9.52 Å². The molecular weight excluding hydrogens is 298 g/mol. The monoisotopic (exact) mass is 313 g/mol. The van der Waals surface area contributed by atoms with E-state index in [2.05, 4.69) is 0 Å². The number of sulfone groups is 1. The van der Waals surface area contributed by atoms with Gasteiger partial charge in [-0.2, -0.15) is 0 Å². The molecule has 1 aromatic heterocycles. The topological polar surface area (TPSA) is 105 Å². The zero-order valence-electron chi connectivity index (χ0n) is 11.2. The SMILES string of the molecule is O=C(O)c1coc(C(=O)N(C2CC2)C2CCS(=O)(=O)C2)c1. The van der Waals surface area contributed by atoms with E-state index in [1.165, 1.54) is 6.07 Å². The second-order valence-corrected chi connectivity index (χ2v) is 7.73. The first-order chi connectivity index (χ1) is 9.87. The van der Waals surface area contributed by atoms with E-state index in [1.807, 2.05) is 0 Å². The van der Waals surface area contributed by atoms with Gasteiger partial charge < -0.3 is 14.4 Å². The Morgan fingerprint density at radius 1 is 1.24 bits per heavy atom. The van der Waals surface area contributed by atoms with Crippen molar-refractivity contribution in [1.82, 2.24) is 4.90 Å². The number of rotatable bonds is 4. The molecule has 2 heterocycles. The van der Waals surface area contributed by atoms with Gasteiger partial charge in [0.05, 0.1) is 17.1 Å². The molecule has 0 spiro atoms. The standard InChI is InChI=1S/C13H15NO6S/c15-12(11-5-8(6-20-11)13(16)17)14(9-1-2-9)10-3-4-21(18,19)7-10/h5-6,9-10H,1-4,7H2,(H,16,17). The highest BCUT2D eigenvalue weighted by Gasteiger charge is 2.43. The molecule has 1 saturated heterocycles. The molecule has 1 amide bonds. The Hall–Kier alpha value is -1.83. The number of carboxylic acid groups (broad SMARTS) is 1. The first kappa shape index (κ1) is 14.1. The van der Waals surface area contributed by atoms with Crippen LogP contribution in [-0.2, 0) is 9.84 Å². The molecular formula is C13H15NO6S. The molecule has 21 heavy (non-hydrogen) atoms. The van der Waals surface area contributed by atoms with Crippen LogP contribution < -0.4 is 0 Å². The maximum Gasteiger partial charge on any atom is 0.338 e. The fourth-order valence-corrected chi connectivity index (χ4v) is 4.38. The predicted octanol–water partition coefficient (Wildman–Crippen LogP) is 0.770. The van der Waals surface area contributed by atoms with Gasteiger partial charge >= 0.3 is 5.97 Å². The number of hydrogen-bond donors (Lipinski definition) is 1. The third kappa shape index (κ3) is 2.80. The van der Waals surface area contributed by atoms with Gasteiger partial charge in [0.15, 0.2) is 15.6 Å². The summed E-state index contributed by atoms with van der Waals surface area (Å²) in [5.41, 5.74) is -0.0897. The molecule has 8 heteroatoms. The molecule has 1 unspecified atom stereocenters. The third-order valence-corrected chi connectivity index (χ3v) is 5.58. The highest BCUT2D eigenvalue weighted by Crippen LogP contribution is 2.33. The summed E-state index contributed by atoms with van der Waals surface area (Å²) in [6.07, 6.45) is 3.13. The van der Waals surface area contributed by atoms with Gasteiger partial charge in [-0.3, -0.25) is 4.79 Å². The first-order valence-electron chi connectivity index (χ1n) is 6.72. The number of amides is 1. The number of carboxylic acids is 1. The average Bonchev–Trinajstić information content (AvgIpc) is 2.98. The first-order valence-corrected chi connectivity index (χ1v) is 8.54. The molecule has 0 bridgehead atoms. The lowest BCUT2D eigenvalue weighted by Crippen LogP contribution is -2.42. The number of carbonyl (C=O) groups is 2. The van der Waals surface area contributed by atoms with Gasteiger partial charge in [0.2, 0.25) is 0 Å². The van der Waals surface area contributed by atoms with Crippen LogP contribution in [0.1, 0.15) is 40.2 Å². The Labute approximate surface area is 121 Å². The van der Waals surface area contributed by atoms with Crippen LogP contribution in [0.15, 0.2) is 16.7 Å². The minimum absolute atomic E-state index is 0.0261. The third-order valence-electron chi connectivity index (χ3n) is 3.83. The average molecular weight is 313 g/mol. The minimum Gasteiger partial charge on any atom is -0.478 e. The Morgan fingerprint density at radius 3 is 2.43 bits per heavy atom. The largest absolute Gasteiger partial charge is 0.478 e. The van der Waals surface area contributed by atoms with Crippen molar-refractivity contribution in [2.45, 2.75) is 31.3 Å². The maximum atomic E-state index is 12.5. The van der Waals surface area contributed by atoms with Gasteiger partial charge in [0.1, 0.15) is 6.26 Å². The molecule has 1 aliphatic carbocycles. The summed E-state index contributed by atoms with van der Waals surface area (Å²) in [6, 6.07) is 0.881. The van der Waals surface area contributed by atoms with Crippen molar-refractivity contribution in [3.63, 3.8) is 0 Å². The molecule has 0 radical (unpaired) electrons. The lowest BCUT2D eigenvalue weighted by atomic mass is 10.2. The van der Waals surface area contributed by atoms with Gasteiger partial charge in [-0.05, 0) is 19.3 Å². The van der Waals surface area contributed by atoms with E-state index in [9.17, 15) is 18.0 Å². The summed E-state index contributed by atoms with van der Waals surface area (Å²) in [6.45, 7) is 0. The molecule has 1 atom stereocenters. The fraction of sp³-hybridized carbons (Fsp3) is 0.538. The van der Waals surface area contributed by atoms with E-state index in [0.29, 0.717) is 6.42 Å². The summed E-state index contributed by atoms with van der Waals surface area (Å²) in [5.74, 6) is -1.58. The molecule has 1 aliphatic heterocycles. The van der Waals surface area contributed by atoms with E-state index in [1.54, 1.807) is 4.90 Å². The van der Waals surface area contributed by atoms with Crippen molar-refractivity contribution >= 4 is 21.7 Å². The normalized spacial score (nSPS) is 23.9. The Balaban J connectivity index is 1.83. The maximum absolute atomic E-state index is 12.5. The zero-order valence-corrected chi connectivity index (χ0v) is 12.0. The number of carbonyl (C=O) groups excluding carboxylic acids is 1. The summed E-state index contributed by atoms with van der Waals surface area (Å²) in [4.78, 5) is 24.9. The van der Waals surface area contributed by atoms with Crippen LogP contribution in [-0.4, -0.2) is 53.9 Å². The van der Waals surface area contributed by atoms with Crippen LogP contribution in [0.25, 0.3) is 0 Å². The van der Waals surface area contributed by atoms with Gasteiger partial charge in [-0.15, -0.1) is 0 Å². The summed E-state index contributed by atoms with van der Waals surface area (Å²) in [7, 11) is -3.09. The Morgan fingerprint density at radius 2 is 1.95 bits per heavy atom. The van der Waals surface area contributed by atoms with Crippen molar-refractivity contribution in [2.75, 3.05) is 11.5 Å². The van der Waals surface area contributed by atoms with E-state index < -0.39 is 21.7 Å². The van der Waals surface area contributed by atoms with E-state index in [-0.39, 0.29) is 34.9 Å². The molecule has 2 fully saturated rings. The summed E-state index contributed by atoms with van der Waals surface area (Å²) >= 11 is 0. The quantitative estimate of drug-likeness (QED) is 0.880. The predicted molar refractivity (Wildman–Crippen MR) is 71.9 cm³/mol. The molecule has 2 aliphatic rings. The molecule has 114 valence electrons. The van der Waals surface area contributed by atoms with E-state index in [0.717, 1.165) is 19.1 Å². The van der Waals surface area contributed by atoms with Crippen LogP contribution in [0, 0.1) is 0 Å². The highest BCUT2D eigenvalue weighted by atomic mass is 32.2. The van der Waals surface area contributed by atoms with Crippen molar-refractivity contribution < 1.29 is 27.5 Å². The van der Waals surface area contributed by atoms with Crippen LogP contribution in [0.3, 0.4) is 0 Å². The second-order valence-electron chi connectivity index (χ2n) is 5.51. The number of furan rings is 1. The summed E-state index contributed by atoms with van der Waals surface area (Å²) < 4.78 is 28.2. The molecule has 1 saturated carbocycles.